The molecule has 1 nitrogen and oxygen atoms in total. The monoisotopic (exact) mass is 259 g/mol. The summed E-state index contributed by atoms with van der Waals surface area (Å²) in [4.78, 5) is 2.13. The van der Waals surface area contributed by atoms with Crippen molar-refractivity contribution >= 4 is 29.2 Å². The normalized spacial score (nSPS) is 18.3. The molecule has 0 spiro atoms. The molecule has 1 saturated heterocycles. The Balaban J connectivity index is 0.00000144. The molecule has 0 aliphatic carbocycles. The molecule has 1 heterocycles. The third kappa shape index (κ3) is 3.64. The molecule has 0 saturated carbocycles. The molecule has 17 heavy (non-hydrogen) atoms. The number of hydrogen-bond acceptors (Lipinski definition) is 3. The minimum Gasteiger partial charge on any atom is -0.378 e. The minimum absolute atomic E-state index is 0. The van der Waals surface area contributed by atoms with Gasteiger partial charge in [-0.15, -0.1) is 0 Å². The molecule has 0 amide bonds. The summed E-state index contributed by atoms with van der Waals surface area (Å²) >= 11 is 3.94. The summed E-state index contributed by atoms with van der Waals surface area (Å²) in [5.41, 5.74) is 2.59. The standard InChI is InChI=1S/C13H18NS2.Li/c1-13(15-9-4-10-16-13)11-5-7-12(8-6-11)14(2)3;/h5-8H,1,4,9-10H2,2-3H3;/q-1;+1. The van der Waals surface area contributed by atoms with Gasteiger partial charge in [-0.2, -0.15) is 23.5 Å². The average Bonchev–Trinajstić information content (AvgIpc) is 2.30. The van der Waals surface area contributed by atoms with Crippen molar-refractivity contribution in [2.24, 2.45) is 0 Å². The van der Waals surface area contributed by atoms with Crippen molar-refractivity contribution in [1.82, 2.24) is 0 Å². The fraction of sp³-hybridized carbons (Fsp3) is 0.462. The topological polar surface area (TPSA) is 3.24 Å². The van der Waals surface area contributed by atoms with Crippen molar-refractivity contribution in [3.05, 3.63) is 36.8 Å². The molecule has 88 valence electrons. The van der Waals surface area contributed by atoms with E-state index in [4.69, 9.17) is 0 Å². The van der Waals surface area contributed by atoms with Crippen molar-refractivity contribution in [1.29, 1.82) is 0 Å². The van der Waals surface area contributed by atoms with E-state index in [1.54, 1.807) is 0 Å². The maximum atomic E-state index is 4.39. The molecule has 1 aliphatic heterocycles. The third-order valence-corrected chi connectivity index (χ3v) is 5.88. The van der Waals surface area contributed by atoms with E-state index in [0.29, 0.717) is 0 Å². The van der Waals surface area contributed by atoms with Crippen molar-refractivity contribution in [3.8, 4) is 0 Å². The molecular formula is C13H18LiNS2. The second-order valence-electron chi connectivity index (χ2n) is 4.24. The Morgan fingerprint density at radius 3 is 2.12 bits per heavy atom. The fourth-order valence-electron chi connectivity index (χ4n) is 1.75. The second kappa shape index (κ2) is 6.47. The Labute approximate surface area is 125 Å². The van der Waals surface area contributed by atoms with Crippen LogP contribution >= 0.6 is 23.5 Å². The van der Waals surface area contributed by atoms with E-state index >= 15 is 0 Å². The predicted octanol–water partition coefficient (Wildman–Crippen LogP) is 0.614. The molecule has 1 aromatic carbocycles. The number of hydrogen-bond donors (Lipinski definition) is 0. The first-order chi connectivity index (χ1) is 7.62. The van der Waals surface area contributed by atoms with Crippen LogP contribution in [0.5, 0.6) is 0 Å². The van der Waals surface area contributed by atoms with Crippen molar-refractivity contribution in [2.75, 3.05) is 30.5 Å². The van der Waals surface area contributed by atoms with Crippen LogP contribution in [-0.4, -0.2) is 25.6 Å². The van der Waals surface area contributed by atoms with E-state index in [-0.39, 0.29) is 22.9 Å². The molecule has 0 radical (unpaired) electrons. The van der Waals surface area contributed by atoms with E-state index < -0.39 is 0 Å². The van der Waals surface area contributed by atoms with E-state index in [9.17, 15) is 0 Å². The van der Waals surface area contributed by atoms with Crippen LogP contribution in [0.4, 0.5) is 5.69 Å². The summed E-state index contributed by atoms with van der Waals surface area (Å²) < 4.78 is 0.0170. The van der Waals surface area contributed by atoms with Gasteiger partial charge < -0.3 is 11.8 Å². The predicted molar refractivity (Wildman–Crippen MR) is 77.3 cm³/mol. The Kier molecular flexibility index (Phi) is 5.86. The molecule has 0 N–H and O–H groups in total. The first kappa shape index (κ1) is 15.4. The zero-order valence-corrected chi connectivity index (χ0v) is 12.5. The van der Waals surface area contributed by atoms with Gasteiger partial charge in [0.2, 0.25) is 0 Å². The molecule has 4 heteroatoms. The molecule has 0 unspecified atom stereocenters. The average molecular weight is 259 g/mol. The van der Waals surface area contributed by atoms with Gasteiger partial charge >= 0.3 is 18.9 Å². The van der Waals surface area contributed by atoms with Crippen LogP contribution in [0.15, 0.2) is 24.3 Å². The van der Waals surface area contributed by atoms with Gasteiger partial charge in [0, 0.05) is 19.8 Å². The van der Waals surface area contributed by atoms with Gasteiger partial charge in [-0.3, -0.25) is 0 Å². The van der Waals surface area contributed by atoms with Crippen LogP contribution in [0.25, 0.3) is 0 Å². The molecule has 0 bridgehead atoms. The third-order valence-electron chi connectivity index (χ3n) is 2.78. The van der Waals surface area contributed by atoms with Crippen LogP contribution < -0.4 is 23.8 Å². The summed E-state index contributed by atoms with van der Waals surface area (Å²) in [5, 5.41) is 0. The van der Waals surface area contributed by atoms with Gasteiger partial charge in [0.25, 0.3) is 0 Å². The van der Waals surface area contributed by atoms with Crippen molar-refractivity contribution < 1.29 is 18.9 Å². The van der Waals surface area contributed by atoms with Crippen molar-refractivity contribution in [2.45, 2.75) is 10.5 Å². The number of nitrogens with zero attached hydrogens (tertiary/aromatic N) is 1. The largest absolute Gasteiger partial charge is 1.00 e. The first-order valence-corrected chi connectivity index (χ1v) is 7.50. The SMILES string of the molecule is [CH2-]C1(c2ccc(N(C)C)cc2)SCCCS1.[Li+]. The Hall–Kier alpha value is 0.317. The maximum Gasteiger partial charge on any atom is 1.00 e. The van der Waals surface area contributed by atoms with Crippen LogP contribution in [0.2, 0.25) is 0 Å². The summed E-state index contributed by atoms with van der Waals surface area (Å²) in [5.74, 6) is 2.46. The summed E-state index contributed by atoms with van der Waals surface area (Å²) in [6, 6.07) is 8.79. The molecule has 0 atom stereocenters. The summed E-state index contributed by atoms with van der Waals surface area (Å²) in [6.45, 7) is 4.39. The van der Waals surface area contributed by atoms with Gasteiger partial charge in [0.05, 0.1) is 0 Å². The van der Waals surface area contributed by atoms with E-state index in [0.717, 1.165) is 0 Å². The van der Waals surface area contributed by atoms with Crippen LogP contribution in [0.1, 0.15) is 12.0 Å². The van der Waals surface area contributed by atoms with E-state index in [1.165, 1.54) is 29.2 Å². The molecule has 0 aromatic heterocycles. The first-order valence-electron chi connectivity index (χ1n) is 5.53. The molecule has 1 fully saturated rings. The van der Waals surface area contributed by atoms with Crippen LogP contribution in [0, 0.1) is 6.92 Å². The van der Waals surface area contributed by atoms with E-state index in [2.05, 4.69) is 50.2 Å². The molecule has 2 rings (SSSR count). The smallest absolute Gasteiger partial charge is 0.378 e. The zero-order valence-electron chi connectivity index (χ0n) is 10.9. The second-order valence-corrected chi connectivity index (χ2v) is 7.29. The van der Waals surface area contributed by atoms with Crippen LogP contribution in [0.3, 0.4) is 0 Å². The zero-order chi connectivity index (χ0) is 11.6. The fourth-order valence-corrected chi connectivity index (χ4v) is 4.61. The summed E-state index contributed by atoms with van der Waals surface area (Å²) in [6.07, 6.45) is 1.31. The quantitative estimate of drug-likeness (QED) is 0.566. The van der Waals surface area contributed by atoms with Gasteiger partial charge in [-0.25, -0.2) is 0 Å². The molecule has 1 aromatic rings. The van der Waals surface area contributed by atoms with E-state index in [1.807, 2.05) is 23.5 Å². The van der Waals surface area contributed by atoms with Crippen molar-refractivity contribution in [3.63, 3.8) is 0 Å². The molecule has 1 aliphatic rings. The number of rotatable bonds is 2. The molecular weight excluding hydrogens is 241 g/mol. The number of thioether (sulfide) groups is 2. The van der Waals surface area contributed by atoms with Gasteiger partial charge in [0.15, 0.2) is 0 Å². The Morgan fingerprint density at radius 1 is 1.12 bits per heavy atom. The minimum atomic E-state index is 0. The Morgan fingerprint density at radius 2 is 1.65 bits per heavy atom. The summed E-state index contributed by atoms with van der Waals surface area (Å²) in [7, 11) is 4.14. The number of anilines is 1. The maximum absolute atomic E-state index is 4.39. The Bertz CT molecular complexity index is 345. The number of benzene rings is 1. The van der Waals surface area contributed by atoms with Gasteiger partial charge in [-0.1, -0.05) is 17.7 Å². The van der Waals surface area contributed by atoms with Gasteiger partial charge in [0.1, 0.15) is 0 Å². The van der Waals surface area contributed by atoms with Gasteiger partial charge in [-0.05, 0) is 34.1 Å². The van der Waals surface area contributed by atoms with Crippen LogP contribution in [-0.2, 0) is 4.08 Å².